The number of aliphatic hydroxyl groups is 1. The summed E-state index contributed by atoms with van der Waals surface area (Å²) in [6.07, 6.45) is 7.50. The fourth-order valence-electron chi connectivity index (χ4n) is 2.02. The standard InChI is InChI=1S/C9H17O.2Na.2HO3P/c1-2-9(7-8-10)5-3-4-6-9;;;2*1-4(2)3/h8,10H,2-7H2,1H3;;;2*(H-,1,2,3)/q-1;2*+1;;/p+2. The molecule has 0 heterocycles. The Morgan fingerprint density at radius 2 is 1.30 bits per heavy atom. The molecule has 1 saturated carbocycles. The van der Waals surface area contributed by atoms with Gasteiger partial charge in [0.1, 0.15) is 0 Å². The smallest absolute Gasteiger partial charge is 0.566 e. The molecule has 1 aliphatic carbocycles. The molecule has 20 heavy (non-hydrogen) atoms. The second kappa shape index (κ2) is 19.0. The molecule has 0 radical (unpaired) electrons. The van der Waals surface area contributed by atoms with Gasteiger partial charge in [-0.2, -0.15) is 6.42 Å². The Bertz CT molecular complexity index is 230. The zero-order valence-electron chi connectivity index (χ0n) is 12.3. The van der Waals surface area contributed by atoms with Gasteiger partial charge in [-0.3, -0.25) is 0 Å². The summed E-state index contributed by atoms with van der Waals surface area (Å²) in [7, 11) is -5.74. The average Bonchev–Trinajstić information content (AvgIpc) is 2.66. The van der Waals surface area contributed by atoms with Crippen LogP contribution in [0.1, 0.15) is 45.4 Å². The molecule has 1 aliphatic rings. The van der Waals surface area contributed by atoms with E-state index in [-0.39, 0.29) is 59.1 Å². The van der Waals surface area contributed by atoms with Gasteiger partial charge in [0.2, 0.25) is 0 Å². The molecule has 0 aliphatic heterocycles. The molecule has 7 nitrogen and oxygen atoms in total. The third-order valence-electron chi connectivity index (χ3n) is 2.94. The number of rotatable bonds is 3. The molecule has 5 N–H and O–H groups in total. The maximum atomic E-state index is 8.70. The van der Waals surface area contributed by atoms with E-state index >= 15 is 0 Å². The summed E-state index contributed by atoms with van der Waals surface area (Å²) in [6.45, 7) is 3.57. The Hall–Kier alpha value is 2.00. The topological polar surface area (TPSA) is 135 Å². The molecular weight excluding hydrogens is 328 g/mol. The number of aliphatic hydroxyl groups excluding tert-OH is 1. The second-order valence-corrected chi connectivity index (χ2v) is 4.96. The van der Waals surface area contributed by atoms with Crippen LogP contribution in [0.2, 0.25) is 0 Å². The van der Waals surface area contributed by atoms with Crippen molar-refractivity contribution in [3.8, 4) is 0 Å². The van der Waals surface area contributed by atoms with Gasteiger partial charge in [-0.25, -0.2) is 6.61 Å². The molecule has 0 aromatic heterocycles. The van der Waals surface area contributed by atoms with Gasteiger partial charge in [0.05, 0.1) is 0 Å². The van der Waals surface area contributed by atoms with E-state index in [0.717, 1.165) is 6.42 Å². The van der Waals surface area contributed by atoms with E-state index in [9.17, 15) is 0 Å². The van der Waals surface area contributed by atoms with Gasteiger partial charge in [-0.15, -0.1) is 19.6 Å². The molecule has 1 rings (SSSR count). The van der Waals surface area contributed by atoms with E-state index in [0.29, 0.717) is 5.41 Å². The molecule has 0 unspecified atom stereocenters. The van der Waals surface area contributed by atoms with Crippen LogP contribution >= 0.6 is 16.5 Å². The molecule has 0 bridgehead atoms. The third kappa shape index (κ3) is 22.3. The van der Waals surface area contributed by atoms with Crippen molar-refractivity contribution in [2.24, 2.45) is 5.41 Å². The van der Waals surface area contributed by atoms with Crippen molar-refractivity contribution < 1.29 is 92.9 Å². The Balaban J connectivity index is -0.000000110. The molecule has 0 aromatic carbocycles. The molecule has 0 atom stereocenters. The maximum absolute atomic E-state index is 8.70. The predicted octanol–water partition coefficient (Wildman–Crippen LogP) is -3.85. The first-order chi connectivity index (χ1) is 8.29. The quantitative estimate of drug-likeness (QED) is 0.200. The summed E-state index contributed by atoms with van der Waals surface area (Å²) < 4.78 is 17.4. The van der Waals surface area contributed by atoms with Gasteiger partial charge in [0, 0.05) is 9.13 Å². The van der Waals surface area contributed by atoms with E-state index in [4.69, 9.17) is 33.8 Å². The van der Waals surface area contributed by atoms with Crippen molar-refractivity contribution in [1.29, 1.82) is 0 Å². The first-order valence-electron chi connectivity index (χ1n) is 5.45. The summed E-state index contributed by atoms with van der Waals surface area (Å²) in [5, 5.41) is 8.70. The van der Waals surface area contributed by atoms with Crippen molar-refractivity contribution in [1.82, 2.24) is 0 Å². The first-order valence-corrected chi connectivity index (χ1v) is 7.78. The van der Waals surface area contributed by atoms with Gasteiger partial charge >= 0.3 is 75.6 Å². The minimum absolute atomic E-state index is 0. The summed E-state index contributed by atoms with van der Waals surface area (Å²) in [5.41, 5.74) is 0.481. The Labute approximate surface area is 165 Å². The van der Waals surface area contributed by atoms with Gasteiger partial charge in [-0.1, -0.05) is 31.6 Å². The Morgan fingerprint density at radius 1 is 1.00 bits per heavy atom. The molecular formula is C9H21Na2O7P2+3. The van der Waals surface area contributed by atoms with Gasteiger partial charge in [0.15, 0.2) is 0 Å². The van der Waals surface area contributed by atoms with Crippen molar-refractivity contribution >= 4 is 16.5 Å². The van der Waals surface area contributed by atoms with Crippen molar-refractivity contribution in [3.63, 3.8) is 0 Å². The zero-order valence-corrected chi connectivity index (χ0v) is 18.1. The Morgan fingerprint density at radius 3 is 1.50 bits per heavy atom. The van der Waals surface area contributed by atoms with Gasteiger partial charge < -0.3 is 5.11 Å². The normalized spacial score (nSPS) is 14.3. The maximum Gasteiger partial charge on any atom is 1.00 e. The minimum atomic E-state index is -2.87. The summed E-state index contributed by atoms with van der Waals surface area (Å²) in [5.74, 6) is 0. The van der Waals surface area contributed by atoms with Crippen LogP contribution in [-0.4, -0.2) is 24.7 Å². The van der Waals surface area contributed by atoms with Crippen molar-refractivity contribution in [3.05, 3.63) is 6.61 Å². The fraction of sp³-hybridized carbons (Fsp3) is 0.889. The average molecular weight is 349 g/mol. The molecule has 11 heteroatoms. The van der Waals surface area contributed by atoms with Crippen LogP contribution in [0, 0.1) is 12.0 Å². The van der Waals surface area contributed by atoms with Gasteiger partial charge in [-0.05, 0) is 12.8 Å². The molecule has 0 spiro atoms. The molecule has 0 amide bonds. The monoisotopic (exact) mass is 349 g/mol. The first kappa shape index (κ1) is 29.9. The van der Waals surface area contributed by atoms with Gasteiger partial charge in [0.25, 0.3) is 0 Å². The van der Waals surface area contributed by atoms with Crippen LogP contribution in [0.5, 0.6) is 0 Å². The number of hydrogen-bond donors (Lipinski definition) is 5. The zero-order chi connectivity index (χ0) is 14.6. The second-order valence-electron chi connectivity index (χ2n) is 3.95. The molecule has 1 fully saturated rings. The third-order valence-corrected chi connectivity index (χ3v) is 2.94. The van der Waals surface area contributed by atoms with Crippen molar-refractivity contribution in [2.45, 2.75) is 45.4 Å². The predicted molar refractivity (Wildman–Crippen MR) is 66.1 cm³/mol. The Kier molecular flexibility index (Phi) is 28.5. The van der Waals surface area contributed by atoms with Crippen LogP contribution in [-0.2, 0) is 9.13 Å². The van der Waals surface area contributed by atoms with Crippen LogP contribution in [0.15, 0.2) is 0 Å². The van der Waals surface area contributed by atoms with E-state index in [2.05, 4.69) is 6.92 Å². The van der Waals surface area contributed by atoms with Crippen LogP contribution in [0.4, 0.5) is 0 Å². The molecule has 0 saturated heterocycles. The molecule has 108 valence electrons. The van der Waals surface area contributed by atoms with E-state index < -0.39 is 16.5 Å². The largest absolute Gasteiger partial charge is 1.00 e. The summed E-state index contributed by atoms with van der Waals surface area (Å²) >= 11 is 0. The molecule has 0 aromatic rings. The van der Waals surface area contributed by atoms with E-state index in [1.54, 1.807) is 0 Å². The van der Waals surface area contributed by atoms with E-state index in [1.165, 1.54) is 38.7 Å². The number of hydrogen-bond acceptors (Lipinski definition) is 3. The van der Waals surface area contributed by atoms with Crippen LogP contribution < -0.4 is 59.1 Å². The van der Waals surface area contributed by atoms with Crippen LogP contribution in [0.3, 0.4) is 0 Å². The van der Waals surface area contributed by atoms with E-state index in [1.807, 2.05) is 0 Å². The fourth-order valence-corrected chi connectivity index (χ4v) is 2.02. The van der Waals surface area contributed by atoms with Crippen LogP contribution in [0.25, 0.3) is 0 Å². The minimum Gasteiger partial charge on any atom is -0.566 e. The summed E-state index contributed by atoms with van der Waals surface area (Å²) in [4.78, 5) is 28.5. The van der Waals surface area contributed by atoms with Crippen molar-refractivity contribution in [2.75, 3.05) is 0 Å². The summed E-state index contributed by atoms with van der Waals surface area (Å²) in [6, 6.07) is 0. The SMILES string of the molecule is CCC1(C[CH-]O)CCCC1.O=[P+](O)O.O=[P+](O)O.[Na+].[Na+].